The van der Waals surface area contributed by atoms with E-state index in [1.54, 1.807) is 0 Å². The summed E-state index contributed by atoms with van der Waals surface area (Å²) in [5.41, 5.74) is 0. The van der Waals surface area contributed by atoms with Gasteiger partial charge in [-0.05, 0) is 26.7 Å². The SMILES string of the molecule is CCCCCCCCCC[N+]1(C)CCN(C(=O)N(CC)CC)CC1. The topological polar surface area (TPSA) is 23.6 Å². The summed E-state index contributed by atoms with van der Waals surface area (Å²) in [5.74, 6) is 0. The summed E-state index contributed by atoms with van der Waals surface area (Å²) in [4.78, 5) is 16.4. The van der Waals surface area contributed by atoms with Gasteiger partial charge in [0.1, 0.15) is 0 Å². The molecule has 0 aliphatic carbocycles. The van der Waals surface area contributed by atoms with Gasteiger partial charge in [0.15, 0.2) is 0 Å². The van der Waals surface area contributed by atoms with Crippen LogP contribution in [0.4, 0.5) is 4.79 Å². The van der Waals surface area contributed by atoms with E-state index in [1.165, 1.54) is 57.9 Å². The smallest absolute Gasteiger partial charge is 0.320 e. The number of piperazine rings is 1. The van der Waals surface area contributed by atoms with Crippen LogP contribution in [0.1, 0.15) is 72.1 Å². The number of hydrogen-bond donors (Lipinski definition) is 0. The van der Waals surface area contributed by atoms with Crippen LogP contribution in [0, 0.1) is 0 Å². The van der Waals surface area contributed by atoms with Crippen molar-refractivity contribution >= 4 is 6.03 Å². The van der Waals surface area contributed by atoms with Crippen molar-refractivity contribution in [2.24, 2.45) is 0 Å². The number of urea groups is 1. The summed E-state index contributed by atoms with van der Waals surface area (Å²) in [6, 6.07) is 0.235. The molecular weight excluding hydrogens is 298 g/mol. The van der Waals surface area contributed by atoms with Crippen molar-refractivity contribution in [3.05, 3.63) is 0 Å². The number of carbonyl (C=O) groups excluding carboxylic acids is 1. The Balaban J connectivity index is 2.17. The van der Waals surface area contributed by atoms with Crippen LogP contribution >= 0.6 is 0 Å². The predicted octanol–water partition coefficient (Wildman–Crippen LogP) is 4.35. The van der Waals surface area contributed by atoms with E-state index in [2.05, 4.69) is 32.7 Å². The number of quaternary nitrogens is 1. The first-order valence-electron chi connectivity index (χ1n) is 10.4. The van der Waals surface area contributed by atoms with E-state index in [4.69, 9.17) is 0 Å². The van der Waals surface area contributed by atoms with Crippen molar-refractivity contribution in [3.63, 3.8) is 0 Å². The molecule has 1 aliphatic heterocycles. The summed E-state index contributed by atoms with van der Waals surface area (Å²) in [5, 5.41) is 0. The number of hydrogen-bond acceptors (Lipinski definition) is 1. The lowest BCUT2D eigenvalue weighted by molar-refractivity contribution is -0.913. The molecule has 0 aromatic heterocycles. The van der Waals surface area contributed by atoms with Crippen LogP contribution in [0.5, 0.6) is 0 Å². The number of unbranched alkanes of at least 4 members (excludes halogenated alkanes) is 7. The third-order valence-corrected chi connectivity index (χ3v) is 5.68. The quantitative estimate of drug-likeness (QED) is 0.405. The Hall–Kier alpha value is -0.770. The summed E-state index contributed by atoms with van der Waals surface area (Å²) in [7, 11) is 2.38. The highest BCUT2D eigenvalue weighted by molar-refractivity contribution is 5.74. The van der Waals surface area contributed by atoms with Gasteiger partial charge in [-0.3, -0.25) is 0 Å². The average molecular weight is 341 g/mol. The largest absolute Gasteiger partial charge is 0.325 e. The highest BCUT2D eigenvalue weighted by Gasteiger charge is 2.31. The molecule has 0 aromatic rings. The van der Waals surface area contributed by atoms with Gasteiger partial charge in [0.05, 0.1) is 39.8 Å². The molecule has 0 aromatic carbocycles. The molecule has 0 bridgehead atoms. The lowest BCUT2D eigenvalue weighted by Gasteiger charge is -2.43. The fraction of sp³-hybridized carbons (Fsp3) is 0.950. The van der Waals surface area contributed by atoms with Crippen LogP contribution in [0.3, 0.4) is 0 Å². The number of carbonyl (C=O) groups is 1. The first kappa shape index (κ1) is 21.3. The fourth-order valence-electron chi connectivity index (χ4n) is 3.68. The molecular formula is C20H42N3O+. The minimum absolute atomic E-state index is 0.235. The van der Waals surface area contributed by atoms with Crippen LogP contribution < -0.4 is 0 Å². The van der Waals surface area contributed by atoms with Crippen LogP contribution in [-0.2, 0) is 0 Å². The summed E-state index contributed by atoms with van der Waals surface area (Å²) >= 11 is 0. The molecule has 0 spiro atoms. The van der Waals surface area contributed by atoms with Gasteiger partial charge in [-0.25, -0.2) is 4.79 Å². The van der Waals surface area contributed by atoms with Crippen LogP contribution in [0.15, 0.2) is 0 Å². The lowest BCUT2D eigenvalue weighted by Crippen LogP contribution is -2.60. The molecule has 0 atom stereocenters. The monoisotopic (exact) mass is 340 g/mol. The molecule has 1 heterocycles. The maximum absolute atomic E-state index is 12.4. The predicted molar refractivity (Wildman–Crippen MR) is 103 cm³/mol. The second-order valence-corrected chi connectivity index (χ2v) is 7.71. The molecule has 1 saturated heterocycles. The van der Waals surface area contributed by atoms with E-state index in [1.807, 2.05) is 4.90 Å². The molecule has 0 radical (unpaired) electrons. The second kappa shape index (κ2) is 11.7. The Labute approximate surface area is 150 Å². The zero-order chi connectivity index (χ0) is 17.8. The van der Waals surface area contributed by atoms with Crippen molar-refractivity contribution in [2.75, 3.05) is 52.9 Å². The number of nitrogens with zero attached hydrogens (tertiary/aromatic N) is 3. The van der Waals surface area contributed by atoms with E-state index in [-0.39, 0.29) is 6.03 Å². The molecule has 2 amide bonds. The van der Waals surface area contributed by atoms with Gasteiger partial charge in [0.25, 0.3) is 0 Å². The Bertz CT molecular complexity index is 334. The van der Waals surface area contributed by atoms with E-state index in [0.29, 0.717) is 0 Å². The molecule has 4 heteroatoms. The fourth-order valence-corrected chi connectivity index (χ4v) is 3.68. The first-order chi connectivity index (χ1) is 11.6. The zero-order valence-electron chi connectivity index (χ0n) is 16.9. The van der Waals surface area contributed by atoms with Crippen LogP contribution in [0.25, 0.3) is 0 Å². The highest BCUT2D eigenvalue weighted by atomic mass is 16.2. The number of likely N-dealkylation sites (N-methyl/N-ethyl adjacent to an activating group) is 1. The van der Waals surface area contributed by atoms with Gasteiger partial charge in [-0.1, -0.05) is 45.4 Å². The van der Waals surface area contributed by atoms with Crippen LogP contribution in [-0.4, -0.2) is 73.2 Å². The molecule has 1 fully saturated rings. The minimum Gasteiger partial charge on any atom is -0.325 e. The van der Waals surface area contributed by atoms with Crippen LogP contribution in [0.2, 0.25) is 0 Å². The number of rotatable bonds is 11. The first-order valence-corrected chi connectivity index (χ1v) is 10.4. The average Bonchev–Trinajstić information content (AvgIpc) is 2.59. The van der Waals surface area contributed by atoms with Crippen molar-refractivity contribution in [2.45, 2.75) is 72.1 Å². The van der Waals surface area contributed by atoms with Gasteiger partial charge in [0.2, 0.25) is 0 Å². The Morgan fingerprint density at radius 2 is 1.38 bits per heavy atom. The van der Waals surface area contributed by atoms with Gasteiger partial charge >= 0.3 is 6.03 Å². The standard InChI is InChI=1S/C20H42N3O/c1-5-8-9-10-11-12-13-14-17-23(4)18-15-22(16-19-23)20(24)21(6-2)7-3/h5-19H2,1-4H3/q+1. The zero-order valence-corrected chi connectivity index (χ0v) is 16.9. The number of amides is 2. The molecule has 142 valence electrons. The van der Waals surface area contributed by atoms with Crippen molar-refractivity contribution in [1.82, 2.24) is 9.80 Å². The summed E-state index contributed by atoms with van der Waals surface area (Å²) in [6.07, 6.45) is 11.1. The van der Waals surface area contributed by atoms with Crippen molar-refractivity contribution in [3.8, 4) is 0 Å². The molecule has 1 rings (SSSR count). The van der Waals surface area contributed by atoms with Gasteiger partial charge in [-0.2, -0.15) is 0 Å². The maximum atomic E-state index is 12.4. The van der Waals surface area contributed by atoms with Gasteiger partial charge in [0, 0.05) is 13.1 Å². The molecule has 0 N–H and O–H groups in total. The van der Waals surface area contributed by atoms with E-state index in [9.17, 15) is 4.79 Å². The van der Waals surface area contributed by atoms with Gasteiger partial charge in [-0.15, -0.1) is 0 Å². The van der Waals surface area contributed by atoms with E-state index >= 15 is 0 Å². The normalized spacial score (nSPS) is 17.1. The van der Waals surface area contributed by atoms with E-state index < -0.39 is 0 Å². The van der Waals surface area contributed by atoms with E-state index in [0.717, 1.165) is 43.8 Å². The lowest BCUT2D eigenvalue weighted by atomic mass is 10.1. The molecule has 1 aliphatic rings. The third-order valence-electron chi connectivity index (χ3n) is 5.68. The van der Waals surface area contributed by atoms with Gasteiger partial charge < -0.3 is 14.3 Å². The highest BCUT2D eigenvalue weighted by Crippen LogP contribution is 2.15. The Morgan fingerprint density at radius 3 is 1.88 bits per heavy atom. The third kappa shape index (κ3) is 7.42. The summed E-state index contributed by atoms with van der Waals surface area (Å²) < 4.78 is 1.15. The molecule has 0 saturated carbocycles. The minimum atomic E-state index is 0.235. The molecule has 4 nitrogen and oxygen atoms in total. The molecule has 24 heavy (non-hydrogen) atoms. The van der Waals surface area contributed by atoms with Crippen molar-refractivity contribution in [1.29, 1.82) is 0 Å². The summed E-state index contributed by atoms with van der Waals surface area (Å²) in [6.45, 7) is 13.4. The van der Waals surface area contributed by atoms with Crippen molar-refractivity contribution < 1.29 is 9.28 Å². The maximum Gasteiger partial charge on any atom is 0.320 e. The molecule has 0 unspecified atom stereocenters. The second-order valence-electron chi connectivity index (χ2n) is 7.71. The Morgan fingerprint density at radius 1 is 0.875 bits per heavy atom. The Kier molecular flexibility index (Phi) is 10.4.